The van der Waals surface area contributed by atoms with E-state index in [0.29, 0.717) is 12.4 Å². The van der Waals surface area contributed by atoms with Gasteiger partial charge >= 0.3 is 11.7 Å². The second-order valence-corrected chi connectivity index (χ2v) is 5.15. The van der Waals surface area contributed by atoms with Crippen molar-refractivity contribution in [2.24, 2.45) is 5.92 Å². The lowest BCUT2D eigenvalue weighted by atomic mass is 10.2. The molecule has 0 amide bonds. The zero-order chi connectivity index (χ0) is 15.1. The van der Waals surface area contributed by atoms with Crippen LogP contribution in [0.3, 0.4) is 0 Å². The van der Waals surface area contributed by atoms with Crippen LogP contribution in [0.5, 0.6) is 5.75 Å². The summed E-state index contributed by atoms with van der Waals surface area (Å²) in [6.45, 7) is 3.89. The van der Waals surface area contributed by atoms with Crippen LogP contribution < -0.4 is 4.74 Å². The van der Waals surface area contributed by atoms with Crippen LogP contribution in [-0.4, -0.2) is 30.4 Å². The Balaban J connectivity index is 2.79. The fourth-order valence-corrected chi connectivity index (χ4v) is 2.43. The van der Waals surface area contributed by atoms with Gasteiger partial charge in [0.05, 0.1) is 24.6 Å². The molecule has 0 aliphatic heterocycles. The number of ether oxygens (including phenoxy) is 2. The van der Waals surface area contributed by atoms with Crippen molar-refractivity contribution in [3.63, 3.8) is 0 Å². The van der Waals surface area contributed by atoms with Crippen LogP contribution >= 0.6 is 11.8 Å². The summed E-state index contributed by atoms with van der Waals surface area (Å²) in [5.74, 6) is 0.268. The van der Waals surface area contributed by atoms with Crippen molar-refractivity contribution in [2.45, 2.75) is 18.7 Å². The molecular weight excluding hydrogens is 282 g/mol. The zero-order valence-corrected chi connectivity index (χ0v) is 12.4. The van der Waals surface area contributed by atoms with Gasteiger partial charge < -0.3 is 9.47 Å². The number of carbonyl (C=O) groups excluding carboxylic acids is 1. The Bertz CT molecular complexity index is 492. The smallest absolute Gasteiger partial charge is 0.310 e. The first-order chi connectivity index (χ1) is 9.49. The Labute approximate surface area is 121 Å². The lowest BCUT2D eigenvalue weighted by Crippen LogP contribution is -2.14. The maximum Gasteiger partial charge on any atom is 0.310 e. The van der Waals surface area contributed by atoms with Crippen molar-refractivity contribution in [1.29, 1.82) is 0 Å². The fraction of sp³-hybridized carbons (Fsp3) is 0.462. The van der Waals surface area contributed by atoms with E-state index in [1.54, 1.807) is 26.0 Å². The first-order valence-electron chi connectivity index (χ1n) is 6.11. The van der Waals surface area contributed by atoms with E-state index >= 15 is 0 Å². The van der Waals surface area contributed by atoms with Gasteiger partial charge in [0, 0.05) is 22.8 Å². The number of rotatable bonds is 7. The van der Waals surface area contributed by atoms with Gasteiger partial charge in [0.2, 0.25) is 0 Å². The summed E-state index contributed by atoms with van der Waals surface area (Å²) in [6.07, 6.45) is 0. The summed E-state index contributed by atoms with van der Waals surface area (Å²) >= 11 is 1.43. The number of methoxy groups -OCH3 is 1. The number of nitrogens with zero attached hydrogens (tertiary/aromatic N) is 1. The molecule has 1 aromatic carbocycles. The van der Waals surface area contributed by atoms with Gasteiger partial charge in [0.15, 0.2) is 5.75 Å². The number of nitro groups is 1. The minimum atomic E-state index is -0.476. The first-order valence-corrected chi connectivity index (χ1v) is 7.10. The Morgan fingerprint density at radius 2 is 2.20 bits per heavy atom. The number of benzene rings is 1. The summed E-state index contributed by atoms with van der Waals surface area (Å²) in [5.41, 5.74) is -0.0581. The molecule has 0 aliphatic carbocycles. The molecule has 6 nitrogen and oxygen atoms in total. The topological polar surface area (TPSA) is 78.7 Å². The van der Waals surface area contributed by atoms with E-state index in [-0.39, 0.29) is 23.3 Å². The van der Waals surface area contributed by atoms with Crippen molar-refractivity contribution >= 4 is 23.4 Å². The number of nitro benzene ring substituents is 1. The molecule has 0 N–H and O–H groups in total. The molecule has 0 saturated heterocycles. The zero-order valence-electron chi connectivity index (χ0n) is 11.6. The van der Waals surface area contributed by atoms with E-state index in [1.165, 1.54) is 24.9 Å². The molecule has 20 heavy (non-hydrogen) atoms. The third-order valence-corrected chi connectivity index (χ3v) is 3.79. The molecule has 0 heterocycles. The summed E-state index contributed by atoms with van der Waals surface area (Å²) < 4.78 is 9.91. The lowest BCUT2D eigenvalue weighted by Gasteiger charge is -2.10. The monoisotopic (exact) mass is 299 g/mol. The van der Waals surface area contributed by atoms with Crippen LogP contribution in [0.25, 0.3) is 0 Å². The molecule has 0 spiro atoms. The fourth-order valence-electron chi connectivity index (χ4n) is 1.50. The molecule has 0 aromatic heterocycles. The maximum absolute atomic E-state index is 11.3. The SMILES string of the molecule is CCOc1cc(SCC(C)C(=O)OC)ccc1[N+](=O)[O-]. The Morgan fingerprint density at radius 3 is 2.75 bits per heavy atom. The highest BCUT2D eigenvalue weighted by atomic mass is 32.2. The third-order valence-electron chi connectivity index (χ3n) is 2.53. The van der Waals surface area contributed by atoms with Crippen molar-refractivity contribution < 1.29 is 19.2 Å². The molecule has 110 valence electrons. The van der Waals surface area contributed by atoms with E-state index in [2.05, 4.69) is 4.74 Å². The summed E-state index contributed by atoms with van der Waals surface area (Å²) in [6, 6.07) is 4.68. The minimum Gasteiger partial charge on any atom is -0.487 e. The molecule has 0 saturated carbocycles. The molecule has 1 unspecified atom stereocenters. The molecule has 0 radical (unpaired) electrons. The van der Waals surface area contributed by atoms with E-state index in [0.717, 1.165) is 4.90 Å². The first kappa shape index (κ1) is 16.3. The third kappa shape index (κ3) is 4.41. The highest BCUT2D eigenvalue weighted by Crippen LogP contribution is 2.32. The van der Waals surface area contributed by atoms with E-state index < -0.39 is 4.92 Å². The minimum absolute atomic E-state index is 0.0581. The summed E-state index contributed by atoms with van der Waals surface area (Å²) in [7, 11) is 1.35. The van der Waals surface area contributed by atoms with Crippen LogP contribution in [-0.2, 0) is 9.53 Å². The van der Waals surface area contributed by atoms with Gasteiger partial charge in [-0.1, -0.05) is 6.92 Å². The Morgan fingerprint density at radius 1 is 1.50 bits per heavy atom. The Kier molecular flexibility index (Phi) is 6.30. The predicted molar refractivity (Wildman–Crippen MR) is 76.2 cm³/mol. The van der Waals surface area contributed by atoms with Crippen molar-refractivity contribution in [1.82, 2.24) is 0 Å². The number of thioether (sulfide) groups is 1. The molecule has 0 fully saturated rings. The Hall–Kier alpha value is -1.76. The van der Waals surface area contributed by atoms with Gasteiger partial charge in [-0.2, -0.15) is 0 Å². The predicted octanol–water partition coefficient (Wildman–Crippen LogP) is 2.89. The quantitative estimate of drug-likeness (QED) is 0.333. The van der Waals surface area contributed by atoms with Gasteiger partial charge in [-0.3, -0.25) is 14.9 Å². The van der Waals surface area contributed by atoms with Gasteiger partial charge in [0.1, 0.15) is 0 Å². The standard InChI is InChI=1S/C13H17NO5S/c1-4-19-12-7-10(5-6-11(12)14(16)17)20-8-9(2)13(15)18-3/h5-7,9H,4,8H2,1-3H3. The van der Waals surface area contributed by atoms with Crippen LogP contribution in [0.4, 0.5) is 5.69 Å². The van der Waals surface area contributed by atoms with Crippen LogP contribution in [0, 0.1) is 16.0 Å². The van der Waals surface area contributed by atoms with Gasteiger partial charge in [0.25, 0.3) is 0 Å². The number of hydrogen-bond donors (Lipinski definition) is 0. The second kappa shape index (κ2) is 7.74. The van der Waals surface area contributed by atoms with E-state index in [1.807, 2.05) is 0 Å². The molecule has 1 rings (SSSR count). The molecule has 1 atom stereocenters. The summed E-state index contributed by atoms with van der Waals surface area (Å²) in [4.78, 5) is 22.5. The average Bonchev–Trinajstić information content (AvgIpc) is 2.44. The van der Waals surface area contributed by atoms with Gasteiger partial charge in [-0.15, -0.1) is 11.8 Å². The average molecular weight is 299 g/mol. The molecule has 0 bridgehead atoms. The largest absolute Gasteiger partial charge is 0.487 e. The normalized spacial score (nSPS) is 11.8. The van der Waals surface area contributed by atoms with Crippen molar-refractivity contribution in [3.05, 3.63) is 28.3 Å². The highest BCUT2D eigenvalue weighted by molar-refractivity contribution is 7.99. The molecular formula is C13H17NO5S. The van der Waals surface area contributed by atoms with E-state index in [9.17, 15) is 14.9 Å². The van der Waals surface area contributed by atoms with Gasteiger partial charge in [-0.25, -0.2) is 0 Å². The van der Waals surface area contributed by atoms with Crippen molar-refractivity contribution in [3.8, 4) is 5.75 Å². The van der Waals surface area contributed by atoms with Crippen molar-refractivity contribution in [2.75, 3.05) is 19.5 Å². The second-order valence-electron chi connectivity index (χ2n) is 4.05. The highest BCUT2D eigenvalue weighted by Gasteiger charge is 2.17. The lowest BCUT2D eigenvalue weighted by molar-refractivity contribution is -0.385. The van der Waals surface area contributed by atoms with Crippen LogP contribution in [0.2, 0.25) is 0 Å². The maximum atomic E-state index is 11.3. The number of esters is 1. The van der Waals surface area contributed by atoms with E-state index in [4.69, 9.17) is 4.74 Å². The molecule has 1 aromatic rings. The number of carbonyl (C=O) groups is 1. The molecule has 0 aliphatic rings. The van der Waals surface area contributed by atoms with Crippen LogP contribution in [0.1, 0.15) is 13.8 Å². The van der Waals surface area contributed by atoms with Gasteiger partial charge in [-0.05, 0) is 13.0 Å². The summed E-state index contributed by atoms with van der Waals surface area (Å²) in [5, 5.41) is 10.9. The molecule has 7 heteroatoms. The number of hydrogen-bond acceptors (Lipinski definition) is 6. The van der Waals surface area contributed by atoms with Crippen LogP contribution in [0.15, 0.2) is 23.1 Å².